The lowest BCUT2D eigenvalue weighted by molar-refractivity contribution is -0.136. The summed E-state index contributed by atoms with van der Waals surface area (Å²) in [6.45, 7) is 3.22. The number of aryl methyl sites for hydroxylation is 2. The van der Waals surface area contributed by atoms with Gasteiger partial charge < -0.3 is 10.0 Å². The number of aliphatic carboxylic acids is 1. The van der Waals surface area contributed by atoms with E-state index in [-0.39, 0.29) is 6.42 Å². The maximum Gasteiger partial charge on any atom is 0.303 e. The molecule has 1 aromatic heterocycles. The first-order valence-corrected chi connectivity index (χ1v) is 9.10. The average Bonchev–Trinajstić information content (AvgIpc) is 3.06. The predicted molar refractivity (Wildman–Crippen MR) is 96.9 cm³/mol. The Bertz CT molecular complexity index is 819. The molecule has 0 spiro atoms. The van der Waals surface area contributed by atoms with Crippen LogP contribution in [0, 0.1) is 0 Å². The number of nitrogens with zero attached hydrogens (tertiary/aromatic N) is 3. The lowest BCUT2D eigenvalue weighted by Gasteiger charge is -2.39. The molecule has 0 amide bonds. The molecule has 1 aliphatic heterocycles. The van der Waals surface area contributed by atoms with E-state index >= 15 is 0 Å². The minimum atomic E-state index is -0.766. The molecule has 5 heteroatoms. The van der Waals surface area contributed by atoms with Gasteiger partial charge >= 0.3 is 5.97 Å². The summed E-state index contributed by atoms with van der Waals surface area (Å²) in [5, 5.41) is 9.04. The summed E-state index contributed by atoms with van der Waals surface area (Å²) in [7, 11) is 0. The second-order valence-corrected chi connectivity index (χ2v) is 7.03. The normalized spacial score (nSPS) is 18.8. The van der Waals surface area contributed by atoms with Crippen molar-refractivity contribution >= 4 is 11.9 Å². The maximum atomic E-state index is 11.0. The molecule has 0 unspecified atom stereocenters. The number of hydrogen-bond acceptors (Lipinski definition) is 4. The van der Waals surface area contributed by atoms with E-state index in [9.17, 15) is 4.79 Å². The van der Waals surface area contributed by atoms with Crippen LogP contribution in [-0.4, -0.2) is 33.6 Å². The number of hydrogen-bond donors (Lipinski definition) is 1. The summed E-state index contributed by atoms with van der Waals surface area (Å²) in [6, 6.07) is 8.57. The van der Waals surface area contributed by atoms with Gasteiger partial charge in [0.15, 0.2) is 0 Å². The molecule has 1 aliphatic carbocycles. The van der Waals surface area contributed by atoms with Crippen molar-refractivity contribution in [3.05, 3.63) is 41.1 Å². The highest BCUT2D eigenvalue weighted by Crippen LogP contribution is 2.35. The minimum absolute atomic E-state index is 0.139. The van der Waals surface area contributed by atoms with Crippen LogP contribution in [0.25, 0.3) is 11.3 Å². The first-order valence-electron chi connectivity index (χ1n) is 9.10. The fourth-order valence-electron chi connectivity index (χ4n) is 3.80. The molecule has 0 saturated carbocycles. The van der Waals surface area contributed by atoms with Gasteiger partial charge in [-0.05, 0) is 44.6 Å². The summed E-state index contributed by atoms with van der Waals surface area (Å²) in [5.74, 6) is 0.0697. The van der Waals surface area contributed by atoms with Crippen molar-refractivity contribution in [3.8, 4) is 11.3 Å². The molecule has 1 N–H and O–H groups in total. The number of aromatic nitrogens is 2. The Hall–Kier alpha value is -2.43. The Kier molecular flexibility index (Phi) is 4.15. The SMILES string of the molecule is C[C@H]1CCN1c1nc2c(c(-c3ccccc3CCC(=O)O)n1)CCC2. The number of carbonyl (C=O) groups is 1. The largest absolute Gasteiger partial charge is 0.481 e. The molecule has 5 nitrogen and oxygen atoms in total. The molecule has 0 bridgehead atoms. The molecule has 1 atom stereocenters. The van der Waals surface area contributed by atoms with Crippen LogP contribution in [-0.2, 0) is 24.1 Å². The summed E-state index contributed by atoms with van der Waals surface area (Å²) in [6.07, 6.45) is 4.99. The third kappa shape index (κ3) is 2.99. The van der Waals surface area contributed by atoms with Crippen LogP contribution >= 0.6 is 0 Å². The third-order valence-electron chi connectivity index (χ3n) is 5.38. The van der Waals surface area contributed by atoms with Crippen LogP contribution in [0.15, 0.2) is 24.3 Å². The van der Waals surface area contributed by atoms with Gasteiger partial charge in [0.25, 0.3) is 0 Å². The molecule has 130 valence electrons. The molecule has 2 heterocycles. The summed E-state index contributed by atoms with van der Waals surface area (Å²) in [5.41, 5.74) is 5.56. The number of carboxylic acid groups (broad SMARTS) is 1. The van der Waals surface area contributed by atoms with E-state index in [1.165, 1.54) is 17.7 Å². The minimum Gasteiger partial charge on any atom is -0.481 e. The zero-order valence-electron chi connectivity index (χ0n) is 14.5. The summed E-state index contributed by atoms with van der Waals surface area (Å²) in [4.78, 5) is 23.0. The number of rotatable bonds is 5. The van der Waals surface area contributed by atoms with Crippen molar-refractivity contribution in [2.75, 3.05) is 11.4 Å². The van der Waals surface area contributed by atoms with Gasteiger partial charge in [0, 0.05) is 35.8 Å². The Morgan fingerprint density at radius 1 is 1.28 bits per heavy atom. The predicted octanol–water partition coefficient (Wildman–Crippen LogP) is 3.25. The van der Waals surface area contributed by atoms with E-state index < -0.39 is 5.97 Å². The first-order chi connectivity index (χ1) is 12.1. The fraction of sp³-hybridized carbons (Fsp3) is 0.450. The van der Waals surface area contributed by atoms with Gasteiger partial charge in [-0.1, -0.05) is 24.3 Å². The van der Waals surface area contributed by atoms with Crippen LogP contribution in [0.3, 0.4) is 0 Å². The molecular weight excluding hydrogens is 314 g/mol. The standard InChI is InChI=1S/C20H23N3O2/c1-13-11-12-23(13)20-21-17-8-4-7-16(17)19(22-20)15-6-3-2-5-14(15)9-10-18(24)25/h2-3,5-6,13H,4,7-12H2,1H3,(H,24,25)/t13-/m0/s1. The summed E-state index contributed by atoms with van der Waals surface area (Å²) >= 11 is 0. The second-order valence-electron chi connectivity index (χ2n) is 7.03. The number of benzene rings is 1. The first kappa shape index (κ1) is 16.1. The molecule has 1 saturated heterocycles. The Morgan fingerprint density at radius 2 is 2.12 bits per heavy atom. The molecule has 25 heavy (non-hydrogen) atoms. The quantitative estimate of drug-likeness (QED) is 0.907. The van der Waals surface area contributed by atoms with Crippen molar-refractivity contribution in [1.82, 2.24) is 9.97 Å². The van der Waals surface area contributed by atoms with Gasteiger partial charge in [-0.3, -0.25) is 4.79 Å². The fourth-order valence-corrected chi connectivity index (χ4v) is 3.80. The van der Waals surface area contributed by atoms with Crippen LogP contribution in [0.2, 0.25) is 0 Å². The van der Waals surface area contributed by atoms with Gasteiger partial charge in [-0.15, -0.1) is 0 Å². The van der Waals surface area contributed by atoms with E-state index in [4.69, 9.17) is 15.1 Å². The molecular formula is C20H23N3O2. The van der Waals surface area contributed by atoms with E-state index in [1.807, 2.05) is 18.2 Å². The summed E-state index contributed by atoms with van der Waals surface area (Å²) < 4.78 is 0. The second kappa shape index (κ2) is 6.47. The number of fused-ring (bicyclic) bond motifs is 1. The molecule has 2 aliphatic rings. The zero-order chi connectivity index (χ0) is 17.4. The van der Waals surface area contributed by atoms with Crippen molar-refractivity contribution in [3.63, 3.8) is 0 Å². The van der Waals surface area contributed by atoms with Gasteiger partial charge in [0.1, 0.15) is 0 Å². The average molecular weight is 337 g/mol. The zero-order valence-corrected chi connectivity index (χ0v) is 14.5. The van der Waals surface area contributed by atoms with Crippen molar-refractivity contribution in [1.29, 1.82) is 0 Å². The van der Waals surface area contributed by atoms with E-state index in [2.05, 4.69) is 17.9 Å². The highest BCUT2D eigenvalue weighted by Gasteiger charge is 2.29. The lowest BCUT2D eigenvalue weighted by Crippen LogP contribution is -2.46. The van der Waals surface area contributed by atoms with Crippen LogP contribution in [0.5, 0.6) is 0 Å². The Labute approximate surface area is 147 Å². The number of carboxylic acids is 1. The highest BCUT2D eigenvalue weighted by atomic mass is 16.4. The van der Waals surface area contributed by atoms with Crippen LogP contribution < -0.4 is 4.90 Å². The molecule has 2 aromatic rings. The van der Waals surface area contributed by atoms with Gasteiger partial charge in [-0.2, -0.15) is 0 Å². The molecule has 4 rings (SSSR count). The topological polar surface area (TPSA) is 66.3 Å². The van der Waals surface area contributed by atoms with Crippen molar-refractivity contribution in [2.45, 2.75) is 51.5 Å². The Morgan fingerprint density at radius 3 is 2.84 bits per heavy atom. The van der Waals surface area contributed by atoms with Crippen LogP contribution in [0.4, 0.5) is 5.95 Å². The molecule has 0 radical (unpaired) electrons. The third-order valence-corrected chi connectivity index (χ3v) is 5.38. The maximum absolute atomic E-state index is 11.0. The number of anilines is 1. The van der Waals surface area contributed by atoms with Gasteiger partial charge in [-0.25, -0.2) is 9.97 Å². The van der Waals surface area contributed by atoms with Crippen molar-refractivity contribution in [2.24, 2.45) is 0 Å². The molecule has 1 aromatic carbocycles. The lowest BCUT2D eigenvalue weighted by atomic mass is 9.97. The van der Waals surface area contributed by atoms with Crippen LogP contribution in [0.1, 0.15) is 43.0 Å². The van der Waals surface area contributed by atoms with E-state index in [0.717, 1.165) is 48.6 Å². The van der Waals surface area contributed by atoms with Crippen molar-refractivity contribution < 1.29 is 9.90 Å². The highest BCUT2D eigenvalue weighted by molar-refractivity contribution is 5.72. The van der Waals surface area contributed by atoms with Gasteiger partial charge in [0.2, 0.25) is 5.95 Å². The Balaban J connectivity index is 1.78. The smallest absolute Gasteiger partial charge is 0.303 e. The van der Waals surface area contributed by atoms with E-state index in [0.29, 0.717) is 12.5 Å². The molecule has 1 fully saturated rings. The van der Waals surface area contributed by atoms with Gasteiger partial charge in [0.05, 0.1) is 5.69 Å². The van der Waals surface area contributed by atoms with E-state index in [1.54, 1.807) is 0 Å². The monoisotopic (exact) mass is 337 g/mol.